The smallest absolute Gasteiger partial charge is 0.258 e. The van der Waals surface area contributed by atoms with Gasteiger partial charge in [-0.15, -0.1) is 0 Å². The Morgan fingerprint density at radius 1 is 1.77 bits per heavy atom. The molecule has 0 bridgehead atoms. The maximum atomic E-state index is 10.3. The quantitative estimate of drug-likeness (QED) is 0.228. The summed E-state index contributed by atoms with van der Waals surface area (Å²) in [5.41, 5.74) is 8.59. The van der Waals surface area contributed by atoms with Crippen LogP contribution in [0, 0.1) is 17.0 Å². The van der Waals surface area contributed by atoms with E-state index in [2.05, 4.69) is 15.0 Å². The molecular formula is C6H5N5O2. The molecule has 66 valence electrons. The summed E-state index contributed by atoms with van der Waals surface area (Å²) >= 11 is 0. The Kier molecular flexibility index (Phi) is 2.41. The van der Waals surface area contributed by atoms with Gasteiger partial charge in [-0.25, -0.2) is 0 Å². The Morgan fingerprint density at radius 2 is 2.46 bits per heavy atom. The van der Waals surface area contributed by atoms with Crippen molar-refractivity contribution in [3.63, 3.8) is 0 Å². The van der Waals surface area contributed by atoms with E-state index in [9.17, 15) is 10.1 Å². The fourth-order valence-corrected chi connectivity index (χ4v) is 0.760. The van der Waals surface area contributed by atoms with E-state index < -0.39 is 4.92 Å². The summed E-state index contributed by atoms with van der Waals surface area (Å²) in [6.45, 7) is 1.60. The summed E-state index contributed by atoms with van der Waals surface area (Å²) in [5, 5.41) is 13.6. The molecule has 1 rings (SSSR count). The molecule has 0 fully saturated rings. The number of aryl methyl sites for hydroxylation is 1. The first kappa shape index (κ1) is 8.95. The van der Waals surface area contributed by atoms with Crippen molar-refractivity contribution in [3.05, 3.63) is 38.5 Å². The minimum absolute atomic E-state index is 0.178. The maximum Gasteiger partial charge on any atom is 0.288 e. The fraction of sp³-hybridized carbons (Fsp3) is 0.167. The molecular weight excluding hydrogens is 174 g/mol. The Hall–Kier alpha value is -2.14. The first-order chi connectivity index (χ1) is 6.15. The summed E-state index contributed by atoms with van der Waals surface area (Å²) in [6.07, 6.45) is 1.12. The Balaban J connectivity index is 3.26. The van der Waals surface area contributed by atoms with Crippen LogP contribution in [0.25, 0.3) is 10.4 Å². The van der Waals surface area contributed by atoms with Crippen molar-refractivity contribution in [1.29, 1.82) is 0 Å². The van der Waals surface area contributed by atoms with Gasteiger partial charge in [-0.1, -0.05) is 5.11 Å². The highest BCUT2D eigenvalue weighted by Crippen LogP contribution is 2.21. The molecule has 0 N–H and O–H groups in total. The summed E-state index contributed by atoms with van der Waals surface area (Å²) in [4.78, 5) is 15.9. The molecule has 0 radical (unpaired) electrons. The SMILES string of the molecule is Cc1ncc([N+](=O)[O-])cc1N=[N+]=[N-]. The lowest BCUT2D eigenvalue weighted by Gasteiger charge is -1.96. The van der Waals surface area contributed by atoms with Crippen LogP contribution in [0.4, 0.5) is 11.4 Å². The minimum atomic E-state index is -0.594. The van der Waals surface area contributed by atoms with Crippen molar-refractivity contribution in [2.24, 2.45) is 5.11 Å². The highest BCUT2D eigenvalue weighted by Gasteiger charge is 2.08. The molecule has 13 heavy (non-hydrogen) atoms. The van der Waals surface area contributed by atoms with Gasteiger partial charge < -0.3 is 0 Å². The molecule has 0 aromatic carbocycles. The molecule has 0 atom stereocenters. The van der Waals surface area contributed by atoms with Gasteiger partial charge in [0.1, 0.15) is 6.20 Å². The Morgan fingerprint density at radius 3 is 3.00 bits per heavy atom. The van der Waals surface area contributed by atoms with E-state index in [1.54, 1.807) is 6.92 Å². The standard InChI is InChI=1S/C6H5N5O2/c1-4-6(9-10-7)2-5(3-8-4)11(12)13/h2-3H,1H3. The number of hydrogen-bond acceptors (Lipinski definition) is 4. The molecule has 7 nitrogen and oxygen atoms in total. The van der Waals surface area contributed by atoms with E-state index in [4.69, 9.17) is 5.53 Å². The second kappa shape index (κ2) is 3.51. The van der Waals surface area contributed by atoms with Gasteiger partial charge in [0.05, 0.1) is 10.6 Å². The van der Waals surface area contributed by atoms with Crippen LogP contribution in [0.15, 0.2) is 17.4 Å². The zero-order chi connectivity index (χ0) is 9.84. The molecule has 0 amide bonds. The zero-order valence-corrected chi connectivity index (χ0v) is 6.71. The minimum Gasteiger partial charge on any atom is -0.258 e. The molecule has 0 spiro atoms. The number of hydrogen-bond donors (Lipinski definition) is 0. The zero-order valence-electron chi connectivity index (χ0n) is 6.71. The van der Waals surface area contributed by atoms with Crippen molar-refractivity contribution in [2.45, 2.75) is 6.92 Å². The van der Waals surface area contributed by atoms with Gasteiger partial charge in [0.25, 0.3) is 5.69 Å². The topological polar surface area (TPSA) is 105 Å². The van der Waals surface area contributed by atoms with Crippen LogP contribution in [-0.4, -0.2) is 9.91 Å². The molecule has 0 aliphatic rings. The second-order valence-electron chi connectivity index (χ2n) is 2.24. The fourth-order valence-electron chi connectivity index (χ4n) is 0.760. The largest absolute Gasteiger partial charge is 0.288 e. The monoisotopic (exact) mass is 179 g/mol. The normalized spacial score (nSPS) is 9.00. The molecule has 0 saturated carbocycles. The van der Waals surface area contributed by atoms with E-state index in [1.807, 2.05) is 0 Å². The maximum absolute atomic E-state index is 10.3. The van der Waals surface area contributed by atoms with Gasteiger partial charge in [0, 0.05) is 16.7 Å². The number of nitrogens with zero attached hydrogens (tertiary/aromatic N) is 5. The molecule has 1 aromatic rings. The molecule has 0 saturated heterocycles. The predicted molar refractivity (Wildman–Crippen MR) is 44.4 cm³/mol. The van der Waals surface area contributed by atoms with Gasteiger partial charge in [0.2, 0.25) is 0 Å². The third-order valence-electron chi connectivity index (χ3n) is 1.41. The first-order valence-corrected chi connectivity index (χ1v) is 3.31. The van der Waals surface area contributed by atoms with Crippen molar-refractivity contribution < 1.29 is 4.92 Å². The molecule has 0 aliphatic heterocycles. The van der Waals surface area contributed by atoms with Crippen molar-refractivity contribution >= 4 is 11.4 Å². The number of aromatic nitrogens is 1. The molecule has 7 heteroatoms. The third kappa shape index (κ3) is 1.91. The Labute approximate surface area is 72.8 Å². The van der Waals surface area contributed by atoms with Crippen LogP contribution in [0.2, 0.25) is 0 Å². The average Bonchev–Trinajstić information content (AvgIpc) is 2.08. The van der Waals surface area contributed by atoms with Gasteiger partial charge in [-0.2, -0.15) is 0 Å². The van der Waals surface area contributed by atoms with Crippen LogP contribution < -0.4 is 0 Å². The van der Waals surface area contributed by atoms with E-state index in [0.717, 1.165) is 6.20 Å². The molecule has 0 aliphatic carbocycles. The van der Waals surface area contributed by atoms with Gasteiger partial charge in [-0.3, -0.25) is 15.1 Å². The average molecular weight is 179 g/mol. The van der Waals surface area contributed by atoms with Gasteiger partial charge in [-0.05, 0) is 12.5 Å². The summed E-state index contributed by atoms with van der Waals surface area (Å²) < 4.78 is 0. The Bertz CT molecular complexity index is 396. The highest BCUT2D eigenvalue weighted by molar-refractivity contribution is 5.48. The number of rotatable bonds is 2. The van der Waals surface area contributed by atoms with Crippen LogP contribution >= 0.6 is 0 Å². The van der Waals surface area contributed by atoms with Gasteiger partial charge >= 0.3 is 0 Å². The lowest BCUT2D eigenvalue weighted by molar-refractivity contribution is -0.385. The highest BCUT2D eigenvalue weighted by atomic mass is 16.6. The lowest BCUT2D eigenvalue weighted by Crippen LogP contribution is -1.90. The number of nitro groups is 1. The lowest BCUT2D eigenvalue weighted by atomic mass is 10.3. The summed E-state index contributed by atoms with van der Waals surface area (Å²) in [6, 6.07) is 1.18. The molecule has 0 unspecified atom stereocenters. The molecule has 1 heterocycles. The second-order valence-corrected chi connectivity index (χ2v) is 2.24. The summed E-state index contributed by atoms with van der Waals surface area (Å²) in [7, 11) is 0. The van der Waals surface area contributed by atoms with Crippen LogP contribution in [0.3, 0.4) is 0 Å². The van der Waals surface area contributed by atoms with Crippen molar-refractivity contribution in [3.8, 4) is 0 Å². The van der Waals surface area contributed by atoms with Crippen molar-refractivity contribution in [1.82, 2.24) is 4.98 Å². The molecule has 1 aromatic heterocycles. The van der Waals surface area contributed by atoms with Crippen molar-refractivity contribution in [2.75, 3.05) is 0 Å². The van der Waals surface area contributed by atoms with Gasteiger partial charge in [0.15, 0.2) is 0 Å². The summed E-state index contributed by atoms with van der Waals surface area (Å²) in [5.74, 6) is 0. The number of azide groups is 1. The van der Waals surface area contributed by atoms with E-state index in [1.165, 1.54) is 6.07 Å². The first-order valence-electron chi connectivity index (χ1n) is 3.31. The van der Waals surface area contributed by atoms with E-state index in [-0.39, 0.29) is 11.4 Å². The van der Waals surface area contributed by atoms with Crippen LogP contribution in [0.1, 0.15) is 5.69 Å². The predicted octanol–water partition coefficient (Wildman–Crippen LogP) is 2.24. The number of pyridine rings is 1. The third-order valence-corrected chi connectivity index (χ3v) is 1.41. The van der Waals surface area contributed by atoms with Crippen LogP contribution in [0.5, 0.6) is 0 Å². The van der Waals surface area contributed by atoms with Crippen LogP contribution in [-0.2, 0) is 0 Å². The van der Waals surface area contributed by atoms with E-state index >= 15 is 0 Å². The van der Waals surface area contributed by atoms with E-state index in [0.29, 0.717) is 5.69 Å².